The van der Waals surface area contributed by atoms with Crippen LogP contribution in [0.4, 0.5) is 4.79 Å². The predicted octanol–water partition coefficient (Wildman–Crippen LogP) is 2.62. The van der Waals surface area contributed by atoms with E-state index in [4.69, 9.17) is 16.3 Å². The molecule has 4 heteroatoms. The molecule has 0 spiro atoms. The third-order valence-corrected chi connectivity index (χ3v) is 2.70. The van der Waals surface area contributed by atoms with Crippen molar-refractivity contribution in [2.45, 2.75) is 45.3 Å². The Kier molecular flexibility index (Phi) is 4.52. The molecule has 0 N–H and O–H groups in total. The zero-order valence-electron chi connectivity index (χ0n) is 8.83. The van der Waals surface area contributed by atoms with Crippen molar-refractivity contribution in [3.63, 3.8) is 0 Å². The summed E-state index contributed by atoms with van der Waals surface area (Å²) in [5, 5.41) is 0. The van der Waals surface area contributed by atoms with Crippen molar-refractivity contribution in [1.29, 1.82) is 0 Å². The maximum Gasteiger partial charge on any atom is 0.410 e. The number of hydrogen-bond acceptors (Lipinski definition) is 2. The normalized spacial score (nSPS) is 21.9. The minimum absolute atomic E-state index is 0.0770. The SMILES string of the molecule is CC(C)N1CC(CCCCCl)OC1=O. The molecule has 1 unspecified atom stereocenters. The van der Waals surface area contributed by atoms with Gasteiger partial charge in [0.2, 0.25) is 0 Å². The molecule has 1 fully saturated rings. The topological polar surface area (TPSA) is 29.5 Å². The van der Waals surface area contributed by atoms with E-state index in [1.54, 1.807) is 4.90 Å². The van der Waals surface area contributed by atoms with E-state index in [1.165, 1.54) is 0 Å². The van der Waals surface area contributed by atoms with Crippen molar-refractivity contribution >= 4 is 17.7 Å². The summed E-state index contributed by atoms with van der Waals surface area (Å²) < 4.78 is 5.23. The van der Waals surface area contributed by atoms with Gasteiger partial charge in [-0.25, -0.2) is 4.79 Å². The third kappa shape index (κ3) is 3.05. The molecule has 1 heterocycles. The van der Waals surface area contributed by atoms with Crippen molar-refractivity contribution in [2.24, 2.45) is 0 Å². The first kappa shape index (κ1) is 11.6. The van der Waals surface area contributed by atoms with E-state index in [-0.39, 0.29) is 18.2 Å². The van der Waals surface area contributed by atoms with Gasteiger partial charge in [0.1, 0.15) is 6.10 Å². The minimum Gasteiger partial charge on any atom is -0.444 e. The molecule has 1 aliphatic heterocycles. The second-order valence-electron chi connectivity index (χ2n) is 3.94. The molecule has 0 radical (unpaired) electrons. The molecule has 1 amide bonds. The van der Waals surface area contributed by atoms with Crippen LogP contribution in [0.2, 0.25) is 0 Å². The Bertz CT molecular complexity index is 197. The molecule has 0 aromatic carbocycles. The van der Waals surface area contributed by atoms with E-state index in [0.717, 1.165) is 25.8 Å². The highest BCUT2D eigenvalue weighted by molar-refractivity contribution is 6.17. The molecule has 1 atom stereocenters. The van der Waals surface area contributed by atoms with E-state index in [0.29, 0.717) is 5.88 Å². The van der Waals surface area contributed by atoms with Crippen LogP contribution >= 0.6 is 11.6 Å². The lowest BCUT2D eigenvalue weighted by Crippen LogP contribution is -2.32. The Balaban J connectivity index is 2.28. The van der Waals surface area contributed by atoms with Crippen LogP contribution < -0.4 is 0 Å². The fourth-order valence-corrected chi connectivity index (χ4v) is 1.77. The van der Waals surface area contributed by atoms with Crippen LogP contribution in [0, 0.1) is 0 Å². The summed E-state index contributed by atoms with van der Waals surface area (Å²) in [7, 11) is 0. The molecule has 3 nitrogen and oxygen atoms in total. The molecule has 1 saturated heterocycles. The van der Waals surface area contributed by atoms with Crippen molar-refractivity contribution in [3.8, 4) is 0 Å². The van der Waals surface area contributed by atoms with Gasteiger partial charge in [0.05, 0.1) is 6.54 Å². The van der Waals surface area contributed by atoms with Crippen molar-refractivity contribution in [2.75, 3.05) is 12.4 Å². The maximum atomic E-state index is 11.3. The quantitative estimate of drug-likeness (QED) is 0.526. The monoisotopic (exact) mass is 219 g/mol. The van der Waals surface area contributed by atoms with Gasteiger partial charge in [-0.15, -0.1) is 11.6 Å². The summed E-state index contributed by atoms with van der Waals surface area (Å²) in [6, 6.07) is 0.237. The fraction of sp³-hybridized carbons (Fsp3) is 0.900. The van der Waals surface area contributed by atoms with Crippen LogP contribution in [0.25, 0.3) is 0 Å². The number of rotatable bonds is 5. The van der Waals surface area contributed by atoms with Gasteiger partial charge in [0.15, 0.2) is 0 Å². The highest BCUT2D eigenvalue weighted by atomic mass is 35.5. The van der Waals surface area contributed by atoms with Crippen LogP contribution in [-0.2, 0) is 4.74 Å². The van der Waals surface area contributed by atoms with Crippen LogP contribution in [0.15, 0.2) is 0 Å². The summed E-state index contributed by atoms with van der Waals surface area (Å²) in [4.78, 5) is 13.1. The summed E-state index contributed by atoms with van der Waals surface area (Å²) in [6.45, 7) is 4.74. The van der Waals surface area contributed by atoms with Crippen LogP contribution in [-0.4, -0.2) is 35.6 Å². The number of amides is 1. The predicted molar refractivity (Wildman–Crippen MR) is 56.7 cm³/mol. The fourth-order valence-electron chi connectivity index (χ4n) is 1.58. The van der Waals surface area contributed by atoms with Crippen molar-refractivity contribution in [3.05, 3.63) is 0 Å². The molecule has 1 rings (SSSR count). The number of halogens is 1. The zero-order valence-corrected chi connectivity index (χ0v) is 9.59. The molecule has 0 saturated carbocycles. The molecule has 82 valence electrons. The molecule has 14 heavy (non-hydrogen) atoms. The molecule has 1 aliphatic rings. The van der Waals surface area contributed by atoms with E-state index in [1.807, 2.05) is 13.8 Å². The largest absolute Gasteiger partial charge is 0.444 e. The van der Waals surface area contributed by atoms with E-state index in [2.05, 4.69) is 0 Å². The smallest absolute Gasteiger partial charge is 0.410 e. The lowest BCUT2D eigenvalue weighted by molar-refractivity contribution is 0.125. The van der Waals surface area contributed by atoms with E-state index in [9.17, 15) is 4.79 Å². The van der Waals surface area contributed by atoms with Crippen LogP contribution in [0.3, 0.4) is 0 Å². The Morgan fingerprint density at radius 1 is 1.57 bits per heavy atom. The van der Waals surface area contributed by atoms with Gasteiger partial charge in [-0.2, -0.15) is 0 Å². The average Bonchev–Trinajstić information content (AvgIpc) is 2.47. The second kappa shape index (κ2) is 5.44. The summed E-state index contributed by atoms with van der Waals surface area (Å²) in [6.07, 6.45) is 2.87. The number of alkyl halides is 1. The van der Waals surface area contributed by atoms with Gasteiger partial charge in [-0.1, -0.05) is 0 Å². The Morgan fingerprint density at radius 3 is 2.79 bits per heavy atom. The molecule has 0 aromatic heterocycles. The van der Waals surface area contributed by atoms with Crippen LogP contribution in [0.1, 0.15) is 33.1 Å². The lowest BCUT2D eigenvalue weighted by atomic mass is 10.1. The summed E-state index contributed by atoms with van der Waals surface area (Å²) in [5.41, 5.74) is 0. The first-order chi connectivity index (χ1) is 6.65. The molecular weight excluding hydrogens is 202 g/mol. The highest BCUT2D eigenvalue weighted by Gasteiger charge is 2.32. The number of cyclic esters (lactones) is 1. The molecular formula is C10H18ClNO2. The van der Waals surface area contributed by atoms with Gasteiger partial charge in [-0.3, -0.25) is 0 Å². The first-order valence-corrected chi connectivity index (χ1v) is 5.71. The van der Waals surface area contributed by atoms with E-state index < -0.39 is 0 Å². The highest BCUT2D eigenvalue weighted by Crippen LogP contribution is 2.18. The number of hydrogen-bond donors (Lipinski definition) is 0. The summed E-state index contributed by atoms with van der Waals surface area (Å²) >= 11 is 5.58. The van der Waals surface area contributed by atoms with Crippen molar-refractivity contribution < 1.29 is 9.53 Å². The zero-order chi connectivity index (χ0) is 10.6. The van der Waals surface area contributed by atoms with Gasteiger partial charge in [0.25, 0.3) is 0 Å². The van der Waals surface area contributed by atoms with Crippen LogP contribution in [0.5, 0.6) is 0 Å². The molecule has 0 aliphatic carbocycles. The lowest BCUT2D eigenvalue weighted by Gasteiger charge is -2.16. The Labute approximate surface area is 90.4 Å². The van der Waals surface area contributed by atoms with Gasteiger partial charge in [0, 0.05) is 11.9 Å². The summed E-state index contributed by atoms with van der Waals surface area (Å²) in [5.74, 6) is 0.689. The first-order valence-electron chi connectivity index (χ1n) is 5.18. The third-order valence-electron chi connectivity index (χ3n) is 2.44. The number of nitrogens with zero attached hydrogens (tertiary/aromatic N) is 1. The van der Waals surface area contributed by atoms with Crippen molar-refractivity contribution in [1.82, 2.24) is 4.90 Å². The number of carbonyl (C=O) groups excluding carboxylic acids is 1. The molecule has 0 aromatic rings. The Morgan fingerprint density at radius 2 is 2.29 bits per heavy atom. The number of carbonyl (C=O) groups is 1. The standard InChI is InChI=1S/C10H18ClNO2/c1-8(2)12-7-9(14-10(12)13)5-3-4-6-11/h8-9H,3-7H2,1-2H3. The van der Waals surface area contributed by atoms with Gasteiger partial charge >= 0.3 is 6.09 Å². The second-order valence-corrected chi connectivity index (χ2v) is 4.31. The molecule has 0 bridgehead atoms. The average molecular weight is 220 g/mol. The number of ether oxygens (including phenoxy) is 1. The Hall–Kier alpha value is -0.440. The number of unbranched alkanes of at least 4 members (excludes halogenated alkanes) is 1. The van der Waals surface area contributed by atoms with Gasteiger partial charge in [-0.05, 0) is 33.1 Å². The minimum atomic E-state index is -0.170. The van der Waals surface area contributed by atoms with E-state index >= 15 is 0 Å². The maximum absolute atomic E-state index is 11.3. The van der Waals surface area contributed by atoms with Gasteiger partial charge < -0.3 is 9.64 Å².